The van der Waals surface area contributed by atoms with E-state index in [9.17, 15) is 0 Å². The van der Waals surface area contributed by atoms with Crippen LogP contribution in [0, 0.1) is 0 Å². The van der Waals surface area contributed by atoms with Gasteiger partial charge in [-0.1, -0.05) is 12.1 Å². The smallest absolute Gasteiger partial charge is 0.231 e. The van der Waals surface area contributed by atoms with E-state index in [0.29, 0.717) is 24.1 Å². The number of para-hydroxylation sites is 1. The van der Waals surface area contributed by atoms with Crippen LogP contribution in [0.4, 0.5) is 5.69 Å². The van der Waals surface area contributed by atoms with Crippen LogP contribution >= 0.6 is 0 Å². The van der Waals surface area contributed by atoms with Crippen LogP contribution in [0.2, 0.25) is 0 Å². The molecule has 5 rings (SSSR count). The Bertz CT molecular complexity index is 1030. The molecule has 4 N–H and O–H groups in total. The molecule has 168 valence electrons. The third kappa shape index (κ3) is 4.11. The second-order valence-electron chi connectivity index (χ2n) is 8.28. The van der Waals surface area contributed by atoms with Gasteiger partial charge in [-0.2, -0.15) is 0 Å². The molecule has 0 bridgehead atoms. The first-order valence-electron chi connectivity index (χ1n) is 11.1. The summed E-state index contributed by atoms with van der Waals surface area (Å²) >= 11 is 0. The highest BCUT2D eigenvalue weighted by molar-refractivity contribution is 5.95. The van der Waals surface area contributed by atoms with Crippen LogP contribution in [0.15, 0.2) is 59.2 Å². The molecule has 1 fully saturated rings. The summed E-state index contributed by atoms with van der Waals surface area (Å²) in [6.07, 6.45) is 4.45. The summed E-state index contributed by atoms with van der Waals surface area (Å²) < 4.78 is 17.1. The molecule has 3 heterocycles. The van der Waals surface area contributed by atoms with Crippen LogP contribution in [0.1, 0.15) is 25.3 Å². The highest BCUT2D eigenvalue weighted by Crippen LogP contribution is 2.43. The average molecular weight is 436 g/mol. The van der Waals surface area contributed by atoms with Crippen molar-refractivity contribution < 1.29 is 14.2 Å². The van der Waals surface area contributed by atoms with E-state index in [1.54, 1.807) is 0 Å². The summed E-state index contributed by atoms with van der Waals surface area (Å²) in [5, 5.41) is 6.48. The maximum atomic E-state index is 6.78. The van der Waals surface area contributed by atoms with Crippen LogP contribution < -0.4 is 30.6 Å². The number of hydrogen-bond acceptors (Lipinski definition) is 8. The number of ether oxygens (including phenoxy) is 3. The quantitative estimate of drug-likeness (QED) is 0.642. The van der Waals surface area contributed by atoms with Crippen molar-refractivity contribution in [2.24, 2.45) is 10.7 Å². The number of nitrogens with one attached hydrogen (secondary N) is 2. The molecule has 0 saturated carbocycles. The zero-order chi connectivity index (χ0) is 22.0. The van der Waals surface area contributed by atoms with Gasteiger partial charge in [0.15, 0.2) is 17.2 Å². The number of rotatable bonds is 6. The highest BCUT2D eigenvalue weighted by Gasteiger charge is 2.37. The summed E-state index contributed by atoms with van der Waals surface area (Å²) in [6.45, 7) is 6.17. The molecule has 32 heavy (non-hydrogen) atoms. The van der Waals surface area contributed by atoms with E-state index in [0.717, 1.165) is 29.1 Å². The molecule has 3 aliphatic heterocycles. The van der Waals surface area contributed by atoms with Gasteiger partial charge in [-0.25, -0.2) is 4.99 Å². The number of benzene rings is 2. The SMILES string of the molecule is CC1=CNC(Nc2ccc(OCCN3CCCC3)cc2)=NC1(N)c1cccc2c1OCO2. The zero-order valence-electron chi connectivity index (χ0n) is 18.3. The zero-order valence-corrected chi connectivity index (χ0v) is 18.3. The molecule has 0 spiro atoms. The standard InChI is InChI=1S/C24H29N5O3/c1-17-15-26-23(28-24(17,25)20-5-4-6-21-22(20)32-16-31-21)27-18-7-9-19(10-8-18)30-14-13-29-11-2-3-12-29/h4-10,15H,2-3,11-14,16,25H2,1H3,(H2,26,27,28). The van der Waals surface area contributed by atoms with Crippen LogP contribution in [0.25, 0.3) is 0 Å². The molecular formula is C24H29N5O3. The second kappa shape index (κ2) is 8.72. The van der Waals surface area contributed by atoms with Crippen molar-refractivity contribution in [3.63, 3.8) is 0 Å². The fourth-order valence-corrected chi connectivity index (χ4v) is 4.22. The van der Waals surface area contributed by atoms with E-state index >= 15 is 0 Å². The van der Waals surface area contributed by atoms with Crippen LogP contribution in [0.3, 0.4) is 0 Å². The number of nitrogens with zero attached hydrogens (tertiary/aromatic N) is 2. The Balaban J connectivity index is 1.26. The van der Waals surface area contributed by atoms with E-state index in [1.165, 1.54) is 25.9 Å². The minimum Gasteiger partial charge on any atom is -0.492 e. The molecule has 1 atom stereocenters. The van der Waals surface area contributed by atoms with Crippen LogP contribution in [0.5, 0.6) is 17.2 Å². The summed E-state index contributed by atoms with van der Waals surface area (Å²) in [5.74, 6) is 2.73. The monoisotopic (exact) mass is 435 g/mol. The van der Waals surface area contributed by atoms with Gasteiger partial charge >= 0.3 is 0 Å². The van der Waals surface area contributed by atoms with Gasteiger partial charge < -0.3 is 24.8 Å². The predicted octanol–water partition coefficient (Wildman–Crippen LogP) is 2.98. The van der Waals surface area contributed by atoms with Gasteiger partial charge in [0.1, 0.15) is 12.4 Å². The van der Waals surface area contributed by atoms with E-state index in [2.05, 4.69) is 15.5 Å². The Morgan fingerprint density at radius 2 is 1.97 bits per heavy atom. The summed E-state index contributed by atoms with van der Waals surface area (Å²) in [5.41, 5.74) is 8.23. The molecule has 2 aromatic rings. The molecule has 8 heteroatoms. The Kier molecular flexibility index (Phi) is 5.63. The van der Waals surface area contributed by atoms with Gasteiger partial charge in [0.05, 0.1) is 0 Å². The first-order valence-corrected chi connectivity index (χ1v) is 11.1. The number of nitrogens with two attached hydrogens (primary N) is 1. The summed E-state index contributed by atoms with van der Waals surface area (Å²) in [6, 6.07) is 13.5. The molecule has 2 aromatic carbocycles. The molecule has 1 saturated heterocycles. The fraction of sp³-hybridized carbons (Fsp3) is 0.375. The van der Waals surface area contributed by atoms with Crippen LogP contribution in [-0.2, 0) is 5.66 Å². The average Bonchev–Trinajstić information content (AvgIpc) is 3.49. The van der Waals surface area contributed by atoms with Crippen LogP contribution in [-0.4, -0.2) is 43.9 Å². The minimum absolute atomic E-state index is 0.185. The van der Waals surface area contributed by atoms with Gasteiger partial charge in [-0.05, 0) is 68.8 Å². The first kappa shape index (κ1) is 20.7. The lowest BCUT2D eigenvalue weighted by Gasteiger charge is -2.32. The largest absolute Gasteiger partial charge is 0.492 e. The topological polar surface area (TPSA) is 93.4 Å². The van der Waals surface area contributed by atoms with Crippen molar-refractivity contribution in [3.8, 4) is 17.2 Å². The molecular weight excluding hydrogens is 406 g/mol. The Morgan fingerprint density at radius 1 is 1.16 bits per heavy atom. The molecule has 0 aromatic heterocycles. The lowest BCUT2D eigenvalue weighted by molar-refractivity contribution is 0.172. The highest BCUT2D eigenvalue weighted by atomic mass is 16.7. The van der Waals surface area contributed by atoms with E-state index in [-0.39, 0.29) is 6.79 Å². The third-order valence-electron chi connectivity index (χ3n) is 6.11. The first-order chi connectivity index (χ1) is 15.6. The van der Waals surface area contributed by atoms with E-state index in [1.807, 2.05) is 55.6 Å². The van der Waals surface area contributed by atoms with Gasteiger partial charge in [-0.3, -0.25) is 10.6 Å². The van der Waals surface area contributed by atoms with Crippen molar-refractivity contribution >= 4 is 11.6 Å². The Hall–Kier alpha value is -3.23. The van der Waals surface area contributed by atoms with Gasteiger partial charge in [0.25, 0.3) is 0 Å². The predicted molar refractivity (Wildman–Crippen MR) is 124 cm³/mol. The summed E-state index contributed by atoms with van der Waals surface area (Å²) in [4.78, 5) is 7.23. The second-order valence-corrected chi connectivity index (χ2v) is 8.28. The minimum atomic E-state index is -1.06. The van der Waals surface area contributed by atoms with E-state index < -0.39 is 5.66 Å². The molecule has 3 aliphatic rings. The maximum absolute atomic E-state index is 6.78. The van der Waals surface area contributed by atoms with Crippen molar-refractivity contribution in [1.82, 2.24) is 10.2 Å². The molecule has 0 amide bonds. The van der Waals surface area contributed by atoms with Gasteiger partial charge in [0.2, 0.25) is 12.8 Å². The third-order valence-corrected chi connectivity index (χ3v) is 6.11. The maximum Gasteiger partial charge on any atom is 0.231 e. The molecule has 1 unspecified atom stereocenters. The summed E-state index contributed by atoms with van der Waals surface area (Å²) in [7, 11) is 0. The number of likely N-dealkylation sites (tertiary alicyclic amines) is 1. The number of aliphatic imine (C=N–C) groups is 1. The number of hydrogen-bond donors (Lipinski definition) is 3. The number of anilines is 1. The fourth-order valence-electron chi connectivity index (χ4n) is 4.22. The lowest BCUT2D eigenvalue weighted by Crippen LogP contribution is -2.44. The van der Waals surface area contributed by atoms with Gasteiger partial charge in [-0.15, -0.1) is 0 Å². The Labute approximate surface area is 188 Å². The van der Waals surface area contributed by atoms with E-state index in [4.69, 9.17) is 24.9 Å². The number of fused-ring (bicyclic) bond motifs is 1. The normalized spacial score (nSPS) is 22.2. The molecule has 0 radical (unpaired) electrons. The van der Waals surface area contributed by atoms with Gasteiger partial charge in [0, 0.05) is 24.0 Å². The molecule has 0 aliphatic carbocycles. The van der Waals surface area contributed by atoms with Crippen molar-refractivity contribution in [2.45, 2.75) is 25.4 Å². The molecule has 8 nitrogen and oxygen atoms in total. The number of guanidine groups is 1. The lowest BCUT2D eigenvalue weighted by atomic mass is 9.92. The van der Waals surface area contributed by atoms with Crippen molar-refractivity contribution in [2.75, 3.05) is 38.4 Å². The Morgan fingerprint density at radius 3 is 2.78 bits per heavy atom. The van der Waals surface area contributed by atoms with Crippen molar-refractivity contribution in [1.29, 1.82) is 0 Å². The van der Waals surface area contributed by atoms with Crippen molar-refractivity contribution in [3.05, 3.63) is 59.8 Å².